The van der Waals surface area contributed by atoms with E-state index < -0.39 is 0 Å². The number of hydrogen-bond acceptors (Lipinski definition) is 2. The molecule has 2 aromatic carbocycles. The normalized spacial score (nSPS) is 10.4. The lowest BCUT2D eigenvalue weighted by molar-refractivity contribution is 0.304. The van der Waals surface area contributed by atoms with Crippen molar-refractivity contribution in [3.05, 3.63) is 58.4 Å². The first-order chi connectivity index (χ1) is 8.56. The van der Waals surface area contributed by atoms with Crippen LogP contribution in [0.5, 0.6) is 5.75 Å². The second-order valence-electron chi connectivity index (χ2n) is 4.04. The minimum atomic E-state index is -0.352. The highest BCUT2D eigenvalue weighted by Crippen LogP contribution is 2.24. The molecule has 0 unspecified atom stereocenters. The third-order valence-corrected chi connectivity index (χ3v) is 2.88. The van der Waals surface area contributed by atoms with Crippen molar-refractivity contribution in [2.45, 2.75) is 13.5 Å². The molecule has 0 fully saturated rings. The average Bonchev–Trinajstić information content (AvgIpc) is 2.32. The summed E-state index contributed by atoms with van der Waals surface area (Å²) in [4.78, 5) is 0. The van der Waals surface area contributed by atoms with Gasteiger partial charge in [0, 0.05) is 16.3 Å². The third kappa shape index (κ3) is 2.93. The van der Waals surface area contributed by atoms with Gasteiger partial charge in [0.25, 0.3) is 0 Å². The summed E-state index contributed by atoms with van der Waals surface area (Å²) in [6.07, 6.45) is 0. The summed E-state index contributed by atoms with van der Waals surface area (Å²) in [5.74, 6) is 0.349. The summed E-state index contributed by atoms with van der Waals surface area (Å²) < 4.78 is 18.5. The average molecular weight is 266 g/mol. The van der Waals surface area contributed by atoms with Gasteiger partial charge in [-0.1, -0.05) is 23.7 Å². The van der Waals surface area contributed by atoms with Crippen LogP contribution in [0, 0.1) is 12.7 Å². The SMILES string of the molecule is Cc1ccc(Cl)cc1OCc1ccc(F)cc1N. The Hall–Kier alpha value is -1.74. The highest BCUT2D eigenvalue weighted by Gasteiger charge is 2.04. The van der Waals surface area contributed by atoms with Crippen LogP contribution >= 0.6 is 11.6 Å². The zero-order valence-corrected chi connectivity index (χ0v) is 10.7. The predicted octanol–water partition coefficient (Wildman–Crippen LogP) is 3.95. The van der Waals surface area contributed by atoms with E-state index in [1.54, 1.807) is 18.2 Å². The standard InChI is InChI=1S/C14H13ClFNO/c1-9-2-4-11(15)6-14(9)18-8-10-3-5-12(16)7-13(10)17/h2-7H,8,17H2,1H3. The highest BCUT2D eigenvalue weighted by molar-refractivity contribution is 6.30. The molecule has 0 saturated carbocycles. The number of nitrogens with two attached hydrogens (primary N) is 1. The van der Waals surface area contributed by atoms with Gasteiger partial charge in [0.15, 0.2) is 0 Å². The maximum Gasteiger partial charge on any atom is 0.125 e. The monoisotopic (exact) mass is 265 g/mol. The zero-order chi connectivity index (χ0) is 13.1. The van der Waals surface area contributed by atoms with Gasteiger partial charge in [0.05, 0.1) is 0 Å². The van der Waals surface area contributed by atoms with Crippen molar-refractivity contribution in [2.24, 2.45) is 0 Å². The van der Waals surface area contributed by atoms with Crippen molar-refractivity contribution in [3.8, 4) is 5.75 Å². The molecule has 0 atom stereocenters. The number of aryl methyl sites for hydroxylation is 1. The molecule has 2 nitrogen and oxygen atoms in total. The van der Waals surface area contributed by atoms with Crippen LogP contribution in [0.15, 0.2) is 36.4 Å². The fraction of sp³-hybridized carbons (Fsp3) is 0.143. The molecule has 0 aliphatic heterocycles. The van der Waals surface area contributed by atoms with Crippen LogP contribution in [0.4, 0.5) is 10.1 Å². The number of hydrogen-bond donors (Lipinski definition) is 1. The van der Waals surface area contributed by atoms with Gasteiger partial charge < -0.3 is 10.5 Å². The molecule has 0 heterocycles. The molecule has 0 bridgehead atoms. The van der Waals surface area contributed by atoms with Gasteiger partial charge in [-0.05, 0) is 36.8 Å². The van der Waals surface area contributed by atoms with Crippen LogP contribution in [-0.2, 0) is 6.61 Å². The Labute approximate surface area is 110 Å². The van der Waals surface area contributed by atoms with E-state index in [9.17, 15) is 4.39 Å². The van der Waals surface area contributed by atoms with Crippen LogP contribution in [0.1, 0.15) is 11.1 Å². The molecular weight excluding hydrogens is 253 g/mol. The fourth-order valence-corrected chi connectivity index (χ4v) is 1.74. The molecular formula is C14H13ClFNO. The van der Waals surface area contributed by atoms with Crippen molar-refractivity contribution in [2.75, 3.05) is 5.73 Å². The number of ether oxygens (including phenoxy) is 1. The number of halogens is 2. The van der Waals surface area contributed by atoms with Crippen LogP contribution in [0.3, 0.4) is 0 Å². The van der Waals surface area contributed by atoms with Gasteiger partial charge in [-0.2, -0.15) is 0 Å². The predicted molar refractivity (Wildman–Crippen MR) is 71.3 cm³/mol. The van der Waals surface area contributed by atoms with E-state index in [4.69, 9.17) is 22.1 Å². The molecule has 0 amide bonds. The molecule has 0 aliphatic rings. The van der Waals surface area contributed by atoms with E-state index in [2.05, 4.69) is 0 Å². The summed E-state index contributed by atoms with van der Waals surface area (Å²) in [5, 5.41) is 0.614. The van der Waals surface area contributed by atoms with Crippen molar-refractivity contribution in [1.82, 2.24) is 0 Å². The first-order valence-corrected chi connectivity index (χ1v) is 5.87. The van der Waals surface area contributed by atoms with Crippen LogP contribution < -0.4 is 10.5 Å². The summed E-state index contributed by atoms with van der Waals surface area (Å²) in [7, 11) is 0. The quantitative estimate of drug-likeness (QED) is 0.853. The van der Waals surface area contributed by atoms with E-state index in [1.165, 1.54) is 12.1 Å². The Kier molecular flexibility index (Phi) is 3.72. The van der Waals surface area contributed by atoms with E-state index in [1.807, 2.05) is 13.0 Å². The van der Waals surface area contributed by atoms with Crippen molar-refractivity contribution in [1.29, 1.82) is 0 Å². The van der Waals surface area contributed by atoms with Gasteiger partial charge >= 0.3 is 0 Å². The molecule has 0 radical (unpaired) electrons. The molecule has 2 aromatic rings. The van der Waals surface area contributed by atoms with Crippen molar-refractivity contribution in [3.63, 3.8) is 0 Å². The summed E-state index contributed by atoms with van der Waals surface area (Å²) in [6.45, 7) is 2.22. The number of nitrogen functional groups attached to an aromatic ring is 1. The molecule has 18 heavy (non-hydrogen) atoms. The van der Waals surface area contributed by atoms with Gasteiger partial charge in [-0.15, -0.1) is 0 Å². The van der Waals surface area contributed by atoms with Crippen molar-refractivity contribution >= 4 is 17.3 Å². The lowest BCUT2D eigenvalue weighted by Gasteiger charge is -2.11. The Bertz CT molecular complexity index is 572. The molecule has 0 aliphatic carbocycles. The molecule has 4 heteroatoms. The number of rotatable bonds is 3. The largest absolute Gasteiger partial charge is 0.489 e. The smallest absolute Gasteiger partial charge is 0.125 e. The maximum atomic E-state index is 12.9. The van der Waals surface area contributed by atoms with Crippen LogP contribution in [0.2, 0.25) is 5.02 Å². The second kappa shape index (κ2) is 5.27. The topological polar surface area (TPSA) is 35.2 Å². The number of anilines is 1. The molecule has 94 valence electrons. The molecule has 0 saturated heterocycles. The summed E-state index contributed by atoms with van der Waals surface area (Å²) >= 11 is 5.90. The first kappa shape index (κ1) is 12.7. The zero-order valence-electron chi connectivity index (χ0n) is 9.91. The Morgan fingerprint density at radius 1 is 1.22 bits per heavy atom. The Morgan fingerprint density at radius 3 is 2.72 bits per heavy atom. The summed E-state index contributed by atoms with van der Waals surface area (Å²) in [6, 6.07) is 9.69. The van der Waals surface area contributed by atoms with Crippen LogP contribution in [-0.4, -0.2) is 0 Å². The van der Waals surface area contributed by atoms with Gasteiger partial charge in [0.2, 0.25) is 0 Å². The lowest BCUT2D eigenvalue weighted by Crippen LogP contribution is -2.01. The molecule has 2 N–H and O–H groups in total. The van der Waals surface area contributed by atoms with E-state index >= 15 is 0 Å². The van der Waals surface area contributed by atoms with E-state index in [0.29, 0.717) is 16.5 Å². The second-order valence-corrected chi connectivity index (χ2v) is 4.48. The minimum absolute atomic E-state index is 0.285. The first-order valence-electron chi connectivity index (χ1n) is 5.49. The highest BCUT2D eigenvalue weighted by atomic mass is 35.5. The molecule has 2 rings (SSSR count). The van der Waals surface area contributed by atoms with Crippen LogP contribution in [0.25, 0.3) is 0 Å². The Balaban J connectivity index is 2.13. The van der Waals surface area contributed by atoms with E-state index in [-0.39, 0.29) is 12.4 Å². The fourth-order valence-electron chi connectivity index (χ4n) is 1.58. The number of benzene rings is 2. The summed E-state index contributed by atoms with van der Waals surface area (Å²) in [5.41, 5.74) is 7.82. The van der Waals surface area contributed by atoms with Crippen molar-refractivity contribution < 1.29 is 9.13 Å². The molecule has 0 aromatic heterocycles. The minimum Gasteiger partial charge on any atom is -0.489 e. The Morgan fingerprint density at radius 2 is 2.00 bits per heavy atom. The molecule has 0 spiro atoms. The third-order valence-electron chi connectivity index (χ3n) is 2.64. The van der Waals surface area contributed by atoms with E-state index in [0.717, 1.165) is 11.1 Å². The van der Waals surface area contributed by atoms with Gasteiger partial charge in [-0.25, -0.2) is 4.39 Å². The van der Waals surface area contributed by atoms with Gasteiger partial charge in [0.1, 0.15) is 18.2 Å². The lowest BCUT2D eigenvalue weighted by atomic mass is 10.2. The van der Waals surface area contributed by atoms with Gasteiger partial charge in [-0.3, -0.25) is 0 Å². The maximum absolute atomic E-state index is 12.9.